The minimum atomic E-state index is 0.105. The Bertz CT molecular complexity index is 794. The van der Waals surface area contributed by atoms with Crippen molar-refractivity contribution < 1.29 is 9.84 Å². The molecule has 5 nitrogen and oxygen atoms in total. The number of benzene rings is 2. The van der Waals surface area contributed by atoms with Crippen LogP contribution < -0.4 is 4.74 Å². The fraction of sp³-hybridized carbons (Fsp3) is 0.222. The lowest BCUT2D eigenvalue weighted by Gasteiger charge is -2.11. The number of aliphatic hydroxyl groups is 1. The summed E-state index contributed by atoms with van der Waals surface area (Å²) < 4.78 is 8.89. The molecular formula is C18H18BrN3O2S. The lowest BCUT2D eigenvalue weighted by atomic mass is 10.2. The largest absolute Gasteiger partial charge is 0.486 e. The van der Waals surface area contributed by atoms with E-state index in [0.29, 0.717) is 18.9 Å². The van der Waals surface area contributed by atoms with Crippen LogP contribution >= 0.6 is 27.7 Å². The molecule has 1 heterocycles. The van der Waals surface area contributed by atoms with Crippen molar-refractivity contribution in [1.29, 1.82) is 0 Å². The maximum atomic E-state index is 9.08. The van der Waals surface area contributed by atoms with E-state index < -0.39 is 0 Å². The van der Waals surface area contributed by atoms with Crippen molar-refractivity contribution in [3.8, 4) is 5.75 Å². The van der Waals surface area contributed by atoms with E-state index in [4.69, 9.17) is 9.84 Å². The summed E-state index contributed by atoms with van der Waals surface area (Å²) in [6, 6.07) is 17.8. The molecule has 0 unspecified atom stereocenters. The Morgan fingerprint density at radius 2 is 1.80 bits per heavy atom. The zero-order valence-electron chi connectivity index (χ0n) is 13.5. The summed E-state index contributed by atoms with van der Waals surface area (Å²) in [5.41, 5.74) is 1.16. The molecule has 0 radical (unpaired) electrons. The summed E-state index contributed by atoms with van der Waals surface area (Å²) in [4.78, 5) is 0. The van der Waals surface area contributed by atoms with Crippen LogP contribution in [0.15, 0.2) is 64.2 Å². The predicted octanol–water partition coefficient (Wildman–Crippen LogP) is 3.75. The molecule has 3 aromatic rings. The highest BCUT2D eigenvalue weighted by Crippen LogP contribution is 2.21. The maximum absolute atomic E-state index is 9.08. The first-order chi connectivity index (χ1) is 12.3. The quantitative estimate of drug-likeness (QED) is 0.563. The lowest BCUT2D eigenvalue weighted by molar-refractivity contribution is 0.289. The van der Waals surface area contributed by atoms with Crippen molar-refractivity contribution >= 4 is 27.7 Å². The topological polar surface area (TPSA) is 60.2 Å². The third kappa shape index (κ3) is 5.07. The molecule has 0 fully saturated rings. The molecule has 130 valence electrons. The van der Waals surface area contributed by atoms with Crippen LogP contribution in [-0.4, -0.2) is 32.2 Å². The van der Waals surface area contributed by atoms with Gasteiger partial charge in [-0.2, -0.15) is 0 Å². The minimum Gasteiger partial charge on any atom is -0.486 e. The van der Waals surface area contributed by atoms with Gasteiger partial charge < -0.3 is 9.84 Å². The monoisotopic (exact) mass is 419 g/mol. The first-order valence-corrected chi connectivity index (χ1v) is 9.62. The Morgan fingerprint density at radius 3 is 2.52 bits per heavy atom. The van der Waals surface area contributed by atoms with E-state index in [2.05, 4.69) is 38.3 Å². The molecule has 25 heavy (non-hydrogen) atoms. The zero-order chi connectivity index (χ0) is 17.5. The van der Waals surface area contributed by atoms with E-state index in [0.717, 1.165) is 26.8 Å². The smallest absolute Gasteiger partial charge is 0.191 e. The number of thioether (sulfide) groups is 1. The van der Waals surface area contributed by atoms with Gasteiger partial charge in [-0.25, -0.2) is 0 Å². The molecule has 0 atom stereocenters. The van der Waals surface area contributed by atoms with Crippen molar-refractivity contribution in [2.24, 2.45) is 0 Å². The number of hydrogen-bond acceptors (Lipinski definition) is 5. The average Bonchev–Trinajstić information content (AvgIpc) is 3.02. The van der Waals surface area contributed by atoms with Crippen molar-refractivity contribution in [3.05, 3.63) is 70.5 Å². The van der Waals surface area contributed by atoms with Gasteiger partial charge in [-0.15, -0.1) is 10.2 Å². The molecular weight excluding hydrogens is 402 g/mol. The molecule has 0 saturated carbocycles. The summed E-state index contributed by atoms with van der Waals surface area (Å²) >= 11 is 4.90. The van der Waals surface area contributed by atoms with E-state index in [1.54, 1.807) is 0 Å². The molecule has 0 amide bonds. The van der Waals surface area contributed by atoms with E-state index in [1.807, 2.05) is 47.0 Å². The standard InChI is InChI=1S/C18H18BrN3O2S/c19-15-6-8-16(9-7-15)24-13-17-20-21-18(25-11-10-23)22(17)12-14-4-2-1-3-5-14/h1-9,23H,10-13H2. The Labute approximate surface area is 159 Å². The van der Waals surface area contributed by atoms with Gasteiger partial charge in [0.05, 0.1) is 13.2 Å². The van der Waals surface area contributed by atoms with Crippen LogP contribution in [0.4, 0.5) is 0 Å². The summed E-state index contributed by atoms with van der Waals surface area (Å²) in [6.45, 7) is 1.11. The van der Waals surface area contributed by atoms with E-state index in [1.165, 1.54) is 11.8 Å². The molecule has 0 aliphatic carbocycles. The minimum absolute atomic E-state index is 0.105. The molecule has 7 heteroatoms. The molecule has 1 aromatic heterocycles. The van der Waals surface area contributed by atoms with E-state index in [-0.39, 0.29) is 6.61 Å². The Morgan fingerprint density at radius 1 is 1.04 bits per heavy atom. The molecule has 0 aliphatic heterocycles. The Hall–Kier alpha value is -1.83. The number of rotatable bonds is 8. The van der Waals surface area contributed by atoms with Crippen molar-refractivity contribution in [2.75, 3.05) is 12.4 Å². The SMILES string of the molecule is OCCSc1nnc(COc2ccc(Br)cc2)n1Cc1ccccc1. The fourth-order valence-electron chi connectivity index (χ4n) is 2.27. The highest BCUT2D eigenvalue weighted by atomic mass is 79.9. The van der Waals surface area contributed by atoms with Crippen LogP contribution in [0.3, 0.4) is 0 Å². The van der Waals surface area contributed by atoms with Gasteiger partial charge in [0.15, 0.2) is 11.0 Å². The van der Waals surface area contributed by atoms with Crippen LogP contribution in [0, 0.1) is 0 Å². The highest BCUT2D eigenvalue weighted by Gasteiger charge is 2.13. The first-order valence-electron chi connectivity index (χ1n) is 7.84. The van der Waals surface area contributed by atoms with Gasteiger partial charge in [-0.05, 0) is 29.8 Å². The number of aliphatic hydroxyl groups excluding tert-OH is 1. The van der Waals surface area contributed by atoms with Gasteiger partial charge in [0.25, 0.3) is 0 Å². The second-order valence-electron chi connectivity index (χ2n) is 5.29. The zero-order valence-corrected chi connectivity index (χ0v) is 15.9. The molecule has 2 aromatic carbocycles. The predicted molar refractivity (Wildman–Crippen MR) is 102 cm³/mol. The third-order valence-corrected chi connectivity index (χ3v) is 4.96. The normalized spacial score (nSPS) is 10.8. The van der Waals surface area contributed by atoms with Crippen molar-refractivity contribution in [3.63, 3.8) is 0 Å². The van der Waals surface area contributed by atoms with Gasteiger partial charge in [-0.3, -0.25) is 4.57 Å². The maximum Gasteiger partial charge on any atom is 0.191 e. The van der Waals surface area contributed by atoms with Crippen LogP contribution in [0.5, 0.6) is 5.75 Å². The van der Waals surface area contributed by atoms with Crippen LogP contribution in [-0.2, 0) is 13.2 Å². The highest BCUT2D eigenvalue weighted by molar-refractivity contribution is 9.10. The van der Waals surface area contributed by atoms with E-state index in [9.17, 15) is 0 Å². The Balaban J connectivity index is 1.77. The molecule has 1 N–H and O–H groups in total. The number of ether oxygens (including phenoxy) is 1. The summed E-state index contributed by atoms with van der Waals surface area (Å²) in [5, 5.41) is 18.4. The summed E-state index contributed by atoms with van der Waals surface area (Å²) in [5.74, 6) is 2.12. The van der Waals surface area contributed by atoms with E-state index >= 15 is 0 Å². The van der Waals surface area contributed by atoms with Gasteiger partial charge in [-0.1, -0.05) is 58.0 Å². The molecule has 3 rings (SSSR count). The average molecular weight is 420 g/mol. The van der Waals surface area contributed by atoms with Crippen LogP contribution in [0.1, 0.15) is 11.4 Å². The van der Waals surface area contributed by atoms with Gasteiger partial charge in [0.2, 0.25) is 0 Å². The fourth-order valence-corrected chi connectivity index (χ4v) is 3.24. The number of hydrogen-bond donors (Lipinski definition) is 1. The Kier molecular flexibility index (Phi) is 6.49. The third-order valence-electron chi connectivity index (χ3n) is 3.48. The molecule has 0 aliphatic rings. The molecule has 0 bridgehead atoms. The summed E-state index contributed by atoms with van der Waals surface area (Å²) in [7, 11) is 0. The van der Waals surface area contributed by atoms with Crippen LogP contribution in [0.25, 0.3) is 0 Å². The lowest BCUT2D eigenvalue weighted by Crippen LogP contribution is -2.09. The molecule has 0 saturated heterocycles. The van der Waals surface area contributed by atoms with Gasteiger partial charge in [0.1, 0.15) is 12.4 Å². The van der Waals surface area contributed by atoms with Crippen LogP contribution in [0.2, 0.25) is 0 Å². The summed E-state index contributed by atoms with van der Waals surface area (Å²) in [6.07, 6.45) is 0. The second kappa shape index (κ2) is 9.03. The second-order valence-corrected chi connectivity index (χ2v) is 7.26. The van der Waals surface area contributed by atoms with Gasteiger partial charge in [0, 0.05) is 10.2 Å². The number of nitrogens with zero attached hydrogens (tertiary/aromatic N) is 3. The van der Waals surface area contributed by atoms with Gasteiger partial charge >= 0.3 is 0 Å². The first kappa shape index (κ1) is 18.0. The van der Waals surface area contributed by atoms with Crippen molar-refractivity contribution in [1.82, 2.24) is 14.8 Å². The number of aromatic nitrogens is 3. The molecule has 0 spiro atoms. The number of halogens is 1. The van der Waals surface area contributed by atoms with Crippen molar-refractivity contribution in [2.45, 2.75) is 18.3 Å².